The molecule has 1 fully saturated rings. The van der Waals surface area contributed by atoms with Crippen molar-refractivity contribution < 1.29 is 14.3 Å². The lowest BCUT2D eigenvalue weighted by Crippen LogP contribution is -2.51. The molecule has 1 aromatic carbocycles. The van der Waals surface area contributed by atoms with Gasteiger partial charge in [-0.1, -0.05) is 11.6 Å². The predicted molar refractivity (Wildman–Crippen MR) is 71.3 cm³/mol. The monoisotopic (exact) mass is 282 g/mol. The maximum Gasteiger partial charge on any atom is 0.261 e. The molecule has 0 atom stereocenters. The van der Waals surface area contributed by atoms with E-state index in [2.05, 4.69) is 5.32 Å². The number of aryl methyl sites for hydroxylation is 1. The van der Waals surface area contributed by atoms with E-state index in [0.717, 1.165) is 5.56 Å². The normalized spacial score (nSPS) is 15.1. The summed E-state index contributed by atoms with van der Waals surface area (Å²) in [6.45, 7) is 2.90. The summed E-state index contributed by atoms with van der Waals surface area (Å²) in [5, 5.41) is 3.30. The first-order valence-electron chi connectivity index (χ1n) is 5.99. The first-order chi connectivity index (χ1) is 9.06. The number of ether oxygens (including phenoxy) is 1. The van der Waals surface area contributed by atoms with E-state index >= 15 is 0 Å². The first-order valence-corrected chi connectivity index (χ1v) is 6.37. The van der Waals surface area contributed by atoms with Gasteiger partial charge in [0.15, 0.2) is 6.61 Å². The molecule has 2 rings (SSSR count). The minimum absolute atomic E-state index is 0.0737. The van der Waals surface area contributed by atoms with Crippen molar-refractivity contribution in [1.82, 2.24) is 10.2 Å². The van der Waals surface area contributed by atoms with Crippen molar-refractivity contribution in [3.63, 3.8) is 0 Å². The van der Waals surface area contributed by atoms with Crippen LogP contribution in [-0.4, -0.2) is 43.0 Å². The molecule has 102 valence electrons. The fourth-order valence-electron chi connectivity index (χ4n) is 1.86. The van der Waals surface area contributed by atoms with Crippen molar-refractivity contribution in [2.75, 3.05) is 26.2 Å². The maximum absolute atomic E-state index is 11.9. The molecule has 5 nitrogen and oxygen atoms in total. The van der Waals surface area contributed by atoms with Crippen LogP contribution in [0.4, 0.5) is 0 Å². The van der Waals surface area contributed by atoms with Crippen molar-refractivity contribution in [2.45, 2.75) is 6.92 Å². The molecule has 0 spiro atoms. The number of piperazine rings is 1. The molecule has 6 heteroatoms. The Morgan fingerprint density at radius 3 is 3.00 bits per heavy atom. The number of hydrogen-bond acceptors (Lipinski definition) is 3. The SMILES string of the molecule is Cc1cc(Cl)ccc1OCC(=O)N1CCNC(=O)C1. The lowest BCUT2D eigenvalue weighted by molar-refractivity contribution is -0.139. The Labute approximate surface area is 116 Å². The number of amides is 2. The van der Waals surface area contributed by atoms with Crippen LogP contribution in [0.15, 0.2) is 18.2 Å². The van der Waals surface area contributed by atoms with Crippen LogP contribution in [0, 0.1) is 6.92 Å². The highest BCUT2D eigenvalue weighted by molar-refractivity contribution is 6.30. The van der Waals surface area contributed by atoms with E-state index in [0.29, 0.717) is 23.9 Å². The third-order valence-electron chi connectivity index (χ3n) is 2.88. The van der Waals surface area contributed by atoms with E-state index in [-0.39, 0.29) is 25.0 Å². The van der Waals surface area contributed by atoms with Crippen LogP contribution in [0.1, 0.15) is 5.56 Å². The molecule has 1 N–H and O–H groups in total. The summed E-state index contributed by atoms with van der Waals surface area (Å²) in [6.07, 6.45) is 0. The smallest absolute Gasteiger partial charge is 0.261 e. The molecule has 0 aliphatic carbocycles. The summed E-state index contributed by atoms with van der Waals surface area (Å²) in [4.78, 5) is 24.6. The summed E-state index contributed by atoms with van der Waals surface area (Å²) in [7, 11) is 0. The number of carbonyl (C=O) groups excluding carboxylic acids is 2. The third-order valence-corrected chi connectivity index (χ3v) is 3.11. The number of rotatable bonds is 3. The predicted octanol–water partition coefficient (Wildman–Crippen LogP) is 0.986. The second-order valence-electron chi connectivity index (χ2n) is 4.36. The van der Waals surface area contributed by atoms with Gasteiger partial charge in [0.05, 0.1) is 6.54 Å². The third kappa shape index (κ3) is 3.61. The molecule has 0 bridgehead atoms. The number of carbonyl (C=O) groups is 2. The van der Waals surface area contributed by atoms with Crippen LogP contribution in [-0.2, 0) is 9.59 Å². The van der Waals surface area contributed by atoms with Gasteiger partial charge in [-0.3, -0.25) is 9.59 Å². The van der Waals surface area contributed by atoms with Gasteiger partial charge in [-0.05, 0) is 30.7 Å². The highest BCUT2D eigenvalue weighted by Crippen LogP contribution is 2.21. The zero-order chi connectivity index (χ0) is 13.8. The standard InChI is InChI=1S/C13H15ClN2O3/c1-9-6-10(14)2-3-11(9)19-8-13(18)16-5-4-15-12(17)7-16/h2-3,6H,4-5,7-8H2,1H3,(H,15,17). The summed E-state index contributed by atoms with van der Waals surface area (Å²) in [5.41, 5.74) is 0.872. The molecular formula is C13H15ClN2O3. The number of benzene rings is 1. The van der Waals surface area contributed by atoms with Crippen molar-refractivity contribution in [2.24, 2.45) is 0 Å². The maximum atomic E-state index is 11.9. The molecule has 0 radical (unpaired) electrons. The topological polar surface area (TPSA) is 58.6 Å². The lowest BCUT2D eigenvalue weighted by Gasteiger charge is -2.26. The van der Waals surface area contributed by atoms with E-state index < -0.39 is 0 Å². The van der Waals surface area contributed by atoms with Crippen molar-refractivity contribution in [1.29, 1.82) is 0 Å². The van der Waals surface area contributed by atoms with Gasteiger partial charge in [-0.2, -0.15) is 0 Å². The fraction of sp³-hybridized carbons (Fsp3) is 0.385. The van der Waals surface area contributed by atoms with Crippen LogP contribution < -0.4 is 10.1 Å². The largest absolute Gasteiger partial charge is 0.483 e. The van der Waals surface area contributed by atoms with Crippen molar-refractivity contribution in [3.05, 3.63) is 28.8 Å². The second kappa shape index (κ2) is 5.93. The van der Waals surface area contributed by atoms with Gasteiger partial charge >= 0.3 is 0 Å². The van der Waals surface area contributed by atoms with E-state index in [1.54, 1.807) is 18.2 Å². The van der Waals surface area contributed by atoms with E-state index in [9.17, 15) is 9.59 Å². The van der Waals surface area contributed by atoms with Crippen molar-refractivity contribution in [3.8, 4) is 5.75 Å². The van der Waals surface area contributed by atoms with Gasteiger partial charge < -0.3 is 15.0 Å². The van der Waals surface area contributed by atoms with E-state index in [4.69, 9.17) is 16.3 Å². The Bertz CT molecular complexity index is 505. The van der Waals surface area contributed by atoms with E-state index in [1.165, 1.54) is 4.90 Å². The quantitative estimate of drug-likeness (QED) is 0.899. The van der Waals surface area contributed by atoms with Crippen LogP contribution in [0.3, 0.4) is 0 Å². The summed E-state index contributed by atoms with van der Waals surface area (Å²) in [6, 6.07) is 5.21. The molecule has 1 saturated heterocycles. The molecule has 1 heterocycles. The summed E-state index contributed by atoms with van der Waals surface area (Å²) in [5.74, 6) is 0.297. The van der Waals surface area contributed by atoms with Gasteiger partial charge in [0.25, 0.3) is 5.91 Å². The van der Waals surface area contributed by atoms with Crippen LogP contribution in [0.25, 0.3) is 0 Å². The highest BCUT2D eigenvalue weighted by Gasteiger charge is 2.21. The lowest BCUT2D eigenvalue weighted by atomic mass is 10.2. The second-order valence-corrected chi connectivity index (χ2v) is 4.80. The Kier molecular flexibility index (Phi) is 4.27. The molecule has 1 aromatic rings. The molecule has 19 heavy (non-hydrogen) atoms. The van der Waals surface area contributed by atoms with Gasteiger partial charge in [0.2, 0.25) is 5.91 Å². The van der Waals surface area contributed by atoms with Crippen LogP contribution in [0.5, 0.6) is 5.75 Å². The van der Waals surface area contributed by atoms with Gasteiger partial charge in [0.1, 0.15) is 5.75 Å². The highest BCUT2D eigenvalue weighted by atomic mass is 35.5. The number of nitrogens with one attached hydrogen (secondary N) is 1. The minimum Gasteiger partial charge on any atom is -0.483 e. The zero-order valence-electron chi connectivity index (χ0n) is 10.6. The fourth-order valence-corrected chi connectivity index (χ4v) is 2.08. The molecule has 1 aliphatic heterocycles. The van der Waals surface area contributed by atoms with Gasteiger partial charge in [-0.25, -0.2) is 0 Å². The summed E-state index contributed by atoms with van der Waals surface area (Å²) >= 11 is 5.84. The molecule has 0 unspecified atom stereocenters. The van der Waals surface area contributed by atoms with Crippen LogP contribution >= 0.6 is 11.6 Å². The summed E-state index contributed by atoms with van der Waals surface area (Å²) < 4.78 is 5.46. The average molecular weight is 283 g/mol. The average Bonchev–Trinajstić information content (AvgIpc) is 2.37. The van der Waals surface area contributed by atoms with Crippen LogP contribution in [0.2, 0.25) is 5.02 Å². The Balaban J connectivity index is 1.91. The first kappa shape index (κ1) is 13.7. The molecule has 2 amide bonds. The molecule has 0 saturated carbocycles. The molecular weight excluding hydrogens is 268 g/mol. The van der Waals surface area contributed by atoms with Gasteiger partial charge in [0, 0.05) is 18.1 Å². The van der Waals surface area contributed by atoms with Crippen molar-refractivity contribution >= 4 is 23.4 Å². The zero-order valence-corrected chi connectivity index (χ0v) is 11.4. The number of nitrogens with zero attached hydrogens (tertiary/aromatic N) is 1. The Morgan fingerprint density at radius 1 is 1.53 bits per heavy atom. The Morgan fingerprint density at radius 2 is 2.32 bits per heavy atom. The molecule has 0 aromatic heterocycles. The Hall–Kier alpha value is -1.75. The number of hydrogen-bond donors (Lipinski definition) is 1. The van der Waals surface area contributed by atoms with E-state index in [1.807, 2.05) is 6.92 Å². The molecule has 1 aliphatic rings. The van der Waals surface area contributed by atoms with Gasteiger partial charge in [-0.15, -0.1) is 0 Å². The minimum atomic E-state index is -0.191. The number of halogens is 1.